The van der Waals surface area contributed by atoms with Crippen molar-refractivity contribution in [3.05, 3.63) is 106 Å². The summed E-state index contributed by atoms with van der Waals surface area (Å²) in [6.45, 7) is 0.513. The molecule has 3 aromatic carbocycles. The predicted molar refractivity (Wildman–Crippen MR) is 125 cm³/mol. The van der Waals surface area contributed by atoms with E-state index < -0.39 is 0 Å². The zero-order valence-electron chi connectivity index (χ0n) is 17.5. The largest absolute Gasteiger partial charge is 0.497 e. The molecule has 1 heterocycles. The van der Waals surface area contributed by atoms with Gasteiger partial charge in [0.1, 0.15) is 18.1 Å². The molecule has 0 aliphatic carbocycles. The van der Waals surface area contributed by atoms with Gasteiger partial charge in [0.2, 0.25) is 5.95 Å². The van der Waals surface area contributed by atoms with Crippen LogP contribution in [0.4, 0.5) is 5.95 Å². The lowest BCUT2D eigenvalue weighted by Crippen LogP contribution is -2.10. The van der Waals surface area contributed by atoms with Crippen molar-refractivity contribution < 1.29 is 9.47 Å². The highest BCUT2D eigenvalue weighted by Crippen LogP contribution is 2.20. The fourth-order valence-electron chi connectivity index (χ4n) is 2.98. The minimum Gasteiger partial charge on any atom is -0.497 e. The van der Waals surface area contributed by atoms with E-state index in [1.807, 2.05) is 78.9 Å². The van der Waals surface area contributed by atoms with Crippen molar-refractivity contribution in [3.8, 4) is 22.8 Å². The Bertz CT molecular complexity index is 1230. The Kier molecular flexibility index (Phi) is 6.57. The van der Waals surface area contributed by atoms with Gasteiger partial charge >= 0.3 is 0 Å². The summed E-state index contributed by atoms with van der Waals surface area (Å²) in [5, 5.41) is 4.17. The molecule has 32 heavy (non-hydrogen) atoms. The lowest BCUT2D eigenvalue weighted by Gasteiger charge is -2.06. The van der Waals surface area contributed by atoms with Crippen LogP contribution in [-0.4, -0.2) is 23.3 Å². The third-order valence-electron chi connectivity index (χ3n) is 4.64. The van der Waals surface area contributed by atoms with Crippen molar-refractivity contribution in [2.45, 2.75) is 6.61 Å². The summed E-state index contributed by atoms with van der Waals surface area (Å²) in [6, 6.07) is 26.3. The van der Waals surface area contributed by atoms with Gasteiger partial charge in [-0.25, -0.2) is 10.4 Å². The van der Waals surface area contributed by atoms with E-state index in [1.165, 1.54) is 6.07 Å². The number of aromatic amines is 1. The zero-order chi connectivity index (χ0) is 22.2. The van der Waals surface area contributed by atoms with Gasteiger partial charge in [-0.2, -0.15) is 5.10 Å². The molecule has 0 aliphatic heterocycles. The van der Waals surface area contributed by atoms with Crippen molar-refractivity contribution in [1.82, 2.24) is 9.97 Å². The number of rotatable bonds is 8. The number of hydrogen-bond acceptors (Lipinski definition) is 6. The van der Waals surface area contributed by atoms with Crippen molar-refractivity contribution in [2.75, 3.05) is 12.5 Å². The van der Waals surface area contributed by atoms with Gasteiger partial charge in [0, 0.05) is 11.6 Å². The fraction of sp³-hybridized carbons (Fsp3) is 0.0800. The van der Waals surface area contributed by atoms with E-state index in [1.54, 1.807) is 13.3 Å². The van der Waals surface area contributed by atoms with Gasteiger partial charge in [-0.15, -0.1) is 0 Å². The summed E-state index contributed by atoms with van der Waals surface area (Å²) in [6.07, 6.45) is 1.64. The van der Waals surface area contributed by atoms with Gasteiger partial charge in [-0.05, 0) is 59.7 Å². The van der Waals surface area contributed by atoms with E-state index in [2.05, 4.69) is 20.5 Å². The fourth-order valence-corrected chi connectivity index (χ4v) is 2.98. The second kappa shape index (κ2) is 10.1. The maximum Gasteiger partial charge on any atom is 0.252 e. The Morgan fingerprint density at radius 2 is 1.69 bits per heavy atom. The van der Waals surface area contributed by atoms with E-state index in [9.17, 15) is 4.79 Å². The zero-order valence-corrected chi connectivity index (χ0v) is 17.5. The molecular weight excluding hydrogens is 404 g/mol. The molecule has 160 valence electrons. The lowest BCUT2D eigenvalue weighted by molar-refractivity contribution is 0.306. The number of anilines is 1. The maximum absolute atomic E-state index is 12.0. The summed E-state index contributed by atoms with van der Waals surface area (Å²) in [7, 11) is 1.60. The summed E-state index contributed by atoms with van der Waals surface area (Å²) in [4.78, 5) is 19.1. The first kappa shape index (κ1) is 20.9. The molecule has 2 N–H and O–H groups in total. The molecule has 4 rings (SSSR count). The number of nitrogens with zero attached hydrogens (tertiary/aromatic N) is 2. The molecule has 7 nitrogen and oxygen atoms in total. The SMILES string of the molecule is COc1ccc(-c2cc(=O)[nH]c(N/N=C\c3ccc(OCc4ccccc4)cc3)n2)cc1. The second-order valence-electron chi connectivity index (χ2n) is 6.92. The number of H-pyrrole nitrogens is 1. The van der Waals surface area contributed by atoms with Crippen molar-refractivity contribution >= 4 is 12.2 Å². The molecule has 0 saturated heterocycles. The van der Waals surface area contributed by atoms with E-state index in [4.69, 9.17) is 9.47 Å². The Hall–Kier alpha value is -4.39. The smallest absolute Gasteiger partial charge is 0.252 e. The van der Waals surface area contributed by atoms with Crippen LogP contribution in [0.5, 0.6) is 11.5 Å². The number of hydrogen-bond donors (Lipinski definition) is 2. The van der Waals surface area contributed by atoms with Gasteiger partial charge in [0.05, 0.1) is 19.0 Å². The van der Waals surface area contributed by atoms with E-state index >= 15 is 0 Å². The number of ether oxygens (including phenoxy) is 2. The third-order valence-corrected chi connectivity index (χ3v) is 4.64. The van der Waals surface area contributed by atoms with E-state index in [0.29, 0.717) is 12.3 Å². The van der Waals surface area contributed by atoms with Crippen molar-refractivity contribution in [1.29, 1.82) is 0 Å². The van der Waals surface area contributed by atoms with E-state index in [0.717, 1.165) is 28.2 Å². The number of hydrazone groups is 1. The summed E-state index contributed by atoms with van der Waals surface area (Å²) < 4.78 is 10.9. The molecule has 0 bridgehead atoms. The predicted octanol–water partition coefficient (Wildman–Crippen LogP) is 4.47. The first-order chi connectivity index (χ1) is 15.7. The Balaban J connectivity index is 1.38. The molecular formula is C25H22N4O3. The second-order valence-corrected chi connectivity index (χ2v) is 6.92. The molecule has 0 spiro atoms. The number of aromatic nitrogens is 2. The van der Waals surface area contributed by atoms with Crippen LogP contribution in [0.1, 0.15) is 11.1 Å². The molecule has 0 fully saturated rings. The van der Waals surface area contributed by atoms with Crippen LogP contribution in [0.25, 0.3) is 11.3 Å². The standard InChI is InChI=1S/C25H22N4O3/c1-31-21-13-9-20(10-14-21)23-15-24(30)28-25(27-23)29-26-16-18-7-11-22(12-8-18)32-17-19-5-3-2-4-6-19/h2-16H,17H2,1H3,(H2,27,28,29,30)/b26-16-. The van der Waals surface area contributed by atoms with Crippen molar-refractivity contribution in [2.24, 2.45) is 5.10 Å². The first-order valence-corrected chi connectivity index (χ1v) is 10.0. The Morgan fingerprint density at radius 1 is 0.969 bits per heavy atom. The van der Waals surface area contributed by atoms with Gasteiger partial charge in [0.15, 0.2) is 0 Å². The third kappa shape index (κ3) is 5.60. The molecule has 0 unspecified atom stereocenters. The van der Waals surface area contributed by atoms with Crippen LogP contribution < -0.4 is 20.5 Å². The molecule has 0 saturated carbocycles. The average molecular weight is 426 g/mol. The number of methoxy groups -OCH3 is 1. The van der Waals surface area contributed by atoms with E-state index in [-0.39, 0.29) is 11.5 Å². The van der Waals surface area contributed by atoms with Crippen molar-refractivity contribution in [3.63, 3.8) is 0 Å². The first-order valence-electron chi connectivity index (χ1n) is 10.0. The van der Waals surface area contributed by atoms with Crippen LogP contribution >= 0.6 is 0 Å². The maximum atomic E-state index is 12.0. The average Bonchev–Trinajstić information content (AvgIpc) is 2.84. The van der Waals surface area contributed by atoms with Crippen LogP contribution in [-0.2, 0) is 6.61 Å². The molecule has 1 aromatic heterocycles. The topological polar surface area (TPSA) is 88.6 Å². The quantitative estimate of drug-likeness (QED) is 0.321. The summed E-state index contributed by atoms with van der Waals surface area (Å²) >= 11 is 0. The molecule has 0 aliphatic rings. The molecule has 0 radical (unpaired) electrons. The molecule has 4 aromatic rings. The van der Waals surface area contributed by atoms with Gasteiger partial charge in [-0.3, -0.25) is 9.78 Å². The van der Waals surface area contributed by atoms with Crippen LogP contribution in [0.15, 0.2) is 94.8 Å². The lowest BCUT2D eigenvalue weighted by atomic mass is 10.1. The minimum atomic E-state index is -0.275. The summed E-state index contributed by atoms with van der Waals surface area (Å²) in [5.41, 5.74) is 5.82. The highest BCUT2D eigenvalue weighted by Gasteiger charge is 2.04. The monoisotopic (exact) mass is 426 g/mol. The number of nitrogens with one attached hydrogen (secondary N) is 2. The Labute approximate surface area is 185 Å². The molecule has 7 heteroatoms. The number of benzene rings is 3. The Morgan fingerprint density at radius 3 is 2.41 bits per heavy atom. The molecule has 0 atom stereocenters. The van der Waals surface area contributed by atoms with Gasteiger partial charge < -0.3 is 9.47 Å². The van der Waals surface area contributed by atoms with Crippen LogP contribution in [0.2, 0.25) is 0 Å². The van der Waals surface area contributed by atoms with Gasteiger partial charge in [0.25, 0.3) is 5.56 Å². The van der Waals surface area contributed by atoms with Crippen LogP contribution in [0.3, 0.4) is 0 Å². The minimum absolute atomic E-state index is 0.252. The highest BCUT2D eigenvalue weighted by atomic mass is 16.5. The van der Waals surface area contributed by atoms with Gasteiger partial charge in [-0.1, -0.05) is 30.3 Å². The highest BCUT2D eigenvalue weighted by molar-refractivity contribution is 5.80. The van der Waals surface area contributed by atoms with Crippen LogP contribution in [0, 0.1) is 0 Å². The normalized spacial score (nSPS) is 10.8. The molecule has 0 amide bonds. The summed E-state index contributed by atoms with van der Waals surface area (Å²) in [5.74, 6) is 1.76.